The van der Waals surface area contributed by atoms with Crippen LogP contribution in [0.1, 0.15) is 75.3 Å². The lowest BCUT2D eigenvalue weighted by Gasteiger charge is -2.31. The maximum Gasteiger partial charge on any atom is 0.266 e. The molecule has 38 heavy (non-hydrogen) atoms. The van der Waals surface area contributed by atoms with E-state index in [0.29, 0.717) is 29.2 Å². The van der Waals surface area contributed by atoms with Gasteiger partial charge in [0.25, 0.3) is 5.91 Å². The van der Waals surface area contributed by atoms with Crippen molar-refractivity contribution in [3.05, 3.63) is 61.0 Å². The van der Waals surface area contributed by atoms with Crippen molar-refractivity contribution < 1.29 is 14.3 Å². The van der Waals surface area contributed by atoms with Crippen LogP contribution in [0.5, 0.6) is 11.5 Å². The summed E-state index contributed by atoms with van der Waals surface area (Å²) >= 11 is 10.1. The van der Waals surface area contributed by atoms with Gasteiger partial charge in [-0.3, -0.25) is 14.7 Å². The van der Waals surface area contributed by atoms with Gasteiger partial charge in [0.15, 0.2) is 16.7 Å². The van der Waals surface area contributed by atoms with Crippen molar-refractivity contribution in [2.75, 3.05) is 7.11 Å². The van der Waals surface area contributed by atoms with Gasteiger partial charge in [-0.15, -0.1) is 0 Å². The van der Waals surface area contributed by atoms with Crippen LogP contribution in [0.3, 0.4) is 0 Å². The predicted octanol–water partition coefficient (Wildman–Crippen LogP) is 8.47. The Kier molecular flexibility index (Phi) is 9.59. The topological polar surface area (TPSA) is 51.1 Å². The number of methoxy groups -OCH3 is 1. The summed E-state index contributed by atoms with van der Waals surface area (Å²) in [7, 11) is 1.64. The van der Waals surface area contributed by atoms with Crippen LogP contribution in [0.2, 0.25) is 5.02 Å². The average molecular weight is 665 g/mol. The second-order valence-corrected chi connectivity index (χ2v) is 12.8. The number of carbonyl (C=O) groups is 1. The van der Waals surface area contributed by atoms with Gasteiger partial charge in [-0.2, -0.15) is 0 Å². The first-order chi connectivity index (χ1) is 18.5. The fourth-order valence-electron chi connectivity index (χ4n) is 5.48. The van der Waals surface area contributed by atoms with Crippen molar-refractivity contribution in [1.82, 2.24) is 4.90 Å². The van der Waals surface area contributed by atoms with E-state index in [4.69, 9.17) is 26.1 Å². The zero-order valence-electron chi connectivity index (χ0n) is 21.8. The van der Waals surface area contributed by atoms with Gasteiger partial charge in [0.05, 0.1) is 21.6 Å². The first-order valence-electron chi connectivity index (χ1n) is 13.6. The molecule has 2 aromatic carbocycles. The summed E-state index contributed by atoms with van der Waals surface area (Å²) in [5.41, 5.74) is 1.83. The molecule has 2 aliphatic carbocycles. The normalized spacial score (nSPS) is 21.4. The van der Waals surface area contributed by atoms with Crippen molar-refractivity contribution >= 4 is 63.1 Å². The summed E-state index contributed by atoms with van der Waals surface area (Å²) in [6, 6.07) is 12.2. The highest BCUT2D eigenvalue weighted by atomic mass is 127. The number of amides is 1. The molecule has 0 radical (unpaired) electrons. The van der Waals surface area contributed by atoms with E-state index < -0.39 is 0 Å². The van der Waals surface area contributed by atoms with Crippen LogP contribution in [0.25, 0.3) is 6.08 Å². The van der Waals surface area contributed by atoms with Crippen LogP contribution in [0.4, 0.5) is 0 Å². The highest BCUT2D eigenvalue weighted by Gasteiger charge is 2.39. The number of amidine groups is 1. The van der Waals surface area contributed by atoms with Gasteiger partial charge in [-0.1, -0.05) is 68.3 Å². The van der Waals surface area contributed by atoms with E-state index in [0.717, 1.165) is 50.5 Å². The molecule has 1 saturated heterocycles. The van der Waals surface area contributed by atoms with E-state index in [2.05, 4.69) is 22.6 Å². The predicted molar refractivity (Wildman–Crippen MR) is 165 cm³/mol. The van der Waals surface area contributed by atoms with Crippen LogP contribution in [-0.4, -0.2) is 35.2 Å². The molecule has 0 bridgehead atoms. The van der Waals surface area contributed by atoms with Crippen molar-refractivity contribution in [2.45, 2.75) is 82.9 Å². The number of benzene rings is 2. The summed E-state index contributed by atoms with van der Waals surface area (Å²) in [5, 5.41) is 1.58. The Morgan fingerprint density at radius 2 is 1.79 bits per heavy atom. The molecule has 3 fully saturated rings. The van der Waals surface area contributed by atoms with E-state index in [1.165, 1.54) is 50.3 Å². The molecular formula is C30H34ClIN2O3S. The third-order valence-electron chi connectivity index (χ3n) is 7.52. The minimum atomic E-state index is 0.0875. The summed E-state index contributed by atoms with van der Waals surface area (Å²) in [6.07, 6.45) is 13.7. The summed E-state index contributed by atoms with van der Waals surface area (Å²) in [4.78, 5) is 21.6. The second kappa shape index (κ2) is 13.1. The van der Waals surface area contributed by atoms with Crippen LogP contribution in [0.15, 0.2) is 46.3 Å². The Bertz CT molecular complexity index is 1220. The molecule has 1 amide bonds. The first kappa shape index (κ1) is 27.8. The average Bonchev–Trinajstić information content (AvgIpc) is 3.23. The fraction of sp³-hybridized carbons (Fsp3) is 0.467. The smallest absolute Gasteiger partial charge is 0.266 e. The number of hydrogen-bond donors (Lipinski definition) is 0. The van der Waals surface area contributed by atoms with Gasteiger partial charge in [0.1, 0.15) is 6.61 Å². The van der Waals surface area contributed by atoms with E-state index in [9.17, 15) is 4.79 Å². The Morgan fingerprint density at radius 1 is 1.08 bits per heavy atom. The number of hydrogen-bond acceptors (Lipinski definition) is 5. The molecule has 5 nitrogen and oxygen atoms in total. The molecule has 0 aromatic heterocycles. The molecule has 2 saturated carbocycles. The summed E-state index contributed by atoms with van der Waals surface area (Å²) < 4.78 is 12.7. The maximum atomic E-state index is 13.7. The molecule has 1 aliphatic heterocycles. The number of thioether (sulfide) groups is 1. The molecule has 5 rings (SSSR count). The van der Waals surface area contributed by atoms with Crippen LogP contribution < -0.4 is 9.47 Å². The third-order valence-corrected chi connectivity index (χ3v) is 9.69. The van der Waals surface area contributed by atoms with Crippen LogP contribution >= 0.6 is 46.0 Å². The minimum Gasteiger partial charge on any atom is -0.493 e. The van der Waals surface area contributed by atoms with Gasteiger partial charge < -0.3 is 9.47 Å². The Labute approximate surface area is 248 Å². The molecule has 8 heteroatoms. The molecule has 3 aliphatic rings. The number of carbonyl (C=O) groups excluding carboxylic acids is 1. The van der Waals surface area contributed by atoms with Crippen molar-refractivity contribution in [1.29, 1.82) is 0 Å². The molecule has 0 N–H and O–H groups in total. The Hall–Kier alpha value is -1.71. The molecule has 0 spiro atoms. The molecule has 0 unspecified atom stereocenters. The SMILES string of the molecule is COc1cc(C=C2SC(=NC3CCCCC3)N(C3CCCCC3)C2=O)cc(I)c1OCc1ccccc1Cl. The lowest BCUT2D eigenvalue weighted by Crippen LogP contribution is -2.41. The van der Waals surface area contributed by atoms with Gasteiger partial charge in [0, 0.05) is 16.6 Å². The number of ether oxygens (including phenoxy) is 2. The van der Waals surface area contributed by atoms with Gasteiger partial charge >= 0.3 is 0 Å². The quantitative estimate of drug-likeness (QED) is 0.220. The maximum absolute atomic E-state index is 13.7. The van der Waals surface area contributed by atoms with E-state index in [-0.39, 0.29) is 11.9 Å². The van der Waals surface area contributed by atoms with Crippen LogP contribution in [-0.2, 0) is 11.4 Å². The van der Waals surface area contributed by atoms with Crippen molar-refractivity contribution in [3.63, 3.8) is 0 Å². The molecular weight excluding hydrogens is 631 g/mol. The molecule has 1 heterocycles. The molecule has 202 valence electrons. The minimum absolute atomic E-state index is 0.0875. The number of halogens is 2. The summed E-state index contributed by atoms with van der Waals surface area (Å²) in [6.45, 7) is 0.345. The van der Waals surface area contributed by atoms with Gasteiger partial charge in [-0.25, -0.2) is 0 Å². The Morgan fingerprint density at radius 3 is 2.50 bits per heavy atom. The van der Waals surface area contributed by atoms with Gasteiger partial charge in [-0.05, 0) is 89.9 Å². The second-order valence-electron chi connectivity index (χ2n) is 10.2. The third kappa shape index (κ3) is 6.53. The number of aliphatic imine (C=N–C) groups is 1. The lowest BCUT2D eigenvalue weighted by atomic mass is 9.94. The molecule has 2 aromatic rings. The van der Waals surface area contributed by atoms with Crippen LogP contribution in [0, 0.1) is 3.57 Å². The van der Waals surface area contributed by atoms with E-state index >= 15 is 0 Å². The standard InChI is InChI=1S/C30H34ClIN2O3S/c1-36-26-17-20(16-25(32)28(26)37-19-21-10-8-9-15-24(21)31)18-27-29(35)34(23-13-6-3-7-14-23)30(38-27)33-22-11-4-2-5-12-22/h8-10,15-18,22-23H,2-7,11-14,19H2,1H3. The number of nitrogens with zero attached hydrogens (tertiary/aromatic N) is 2. The highest BCUT2D eigenvalue weighted by molar-refractivity contribution is 14.1. The van der Waals surface area contributed by atoms with E-state index in [1.807, 2.05) is 47.4 Å². The summed E-state index contributed by atoms with van der Waals surface area (Å²) in [5.74, 6) is 1.39. The van der Waals surface area contributed by atoms with Crippen molar-refractivity contribution in [2.24, 2.45) is 4.99 Å². The molecule has 0 atom stereocenters. The number of rotatable bonds is 7. The fourth-order valence-corrected chi connectivity index (χ4v) is 7.56. The first-order valence-corrected chi connectivity index (χ1v) is 15.9. The highest BCUT2D eigenvalue weighted by Crippen LogP contribution is 2.40. The Balaban J connectivity index is 1.40. The van der Waals surface area contributed by atoms with E-state index in [1.54, 1.807) is 7.11 Å². The monoisotopic (exact) mass is 664 g/mol. The lowest BCUT2D eigenvalue weighted by molar-refractivity contribution is -0.124. The van der Waals surface area contributed by atoms with Gasteiger partial charge in [0.2, 0.25) is 0 Å². The zero-order chi connectivity index (χ0) is 26.5. The zero-order valence-corrected chi connectivity index (χ0v) is 25.5. The largest absolute Gasteiger partial charge is 0.493 e. The van der Waals surface area contributed by atoms with Crippen molar-refractivity contribution in [3.8, 4) is 11.5 Å².